The molecule has 1 atom stereocenters. The molecule has 0 aliphatic heterocycles. The van der Waals surface area contributed by atoms with Gasteiger partial charge in [-0.05, 0) is 31.2 Å². The van der Waals surface area contributed by atoms with Gasteiger partial charge in [0.15, 0.2) is 9.84 Å². The van der Waals surface area contributed by atoms with E-state index in [4.69, 9.17) is 5.11 Å². The predicted octanol–water partition coefficient (Wildman–Crippen LogP) is 0.434. The molecule has 0 radical (unpaired) electrons. The molecule has 1 aromatic carbocycles. The first-order valence-corrected chi connectivity index (χ1v) is 6.88. The number of hydrogen-bond donors (Lipinski definition) is 1. The number of benzene rings is 1. The zero-order valence-corrected chi connectivity index (χ0v) is 10.7. The van der Waals surface area contributed by atoms with Crippen molar-refractivity contribution in [1.82, 2.24) is 0 Å². The summed E-state index contributed by atoms with van der Waals surface area (Å²) in [7, 11) is -1.72. The van der Waals surface area contributed by atoms with Crippen LogP contribution < -0.4 is 4.90 Å². The molecule has 0 aliphatic carbocycles. The van der Waals surface area contributed by atoms with Crippen molar-refractivity contribution < 1.29 is 18.3 Å². The van der Waals surface area contributed by atoms with Crippen molar-refractivity contribution in [2.24, 2.45) is 0 Å². The molecule has 1 rings (SSSR count). The number of rotatable bonds is 3. The quantitative estimate of drug-likeness (QED) is 0.852. The molecule has 0 fully saturated rings. The third kappa shape index (κ3) is 3.28. The van der Waals surface area contributed by atoms with Crippen LogP contribution in [0.2, 0.25) is 0 Å². The van der Waals surface area contributed by atoms with Crippen molar-refractivity contribution in [2.45, 2.75) is 17.9 Å². The van der Waals surface area contributed by atoms with Gasteiger partial charge in [0.05, 0.1) is 4.90 Å². The maximum atomic E-state index is 11.5. The van der Waals surface area contributed by atoms with Crippen LogP contribution in [0.4, 0.5) is 5.69 Å². The first kappa shape index (κ1) is 13.7. The highest BCUT2D eigenvalue weighted by atomic mass is 32.2. The Morgan fingerprint density at radius 2 is 1.76 bits per heavy atom. The minimum Gasteiger partial charge on any atom is -0.384 e. The highest BCUT2D eigenvalue weighted by Crippen LogP contribution is 2.17. The lowest BCUT2D eigenvalue weighted by molar-refractivity contribution is -0.125. The second-order valence-electron chi connectivity index (χ2n) is 3.84. The lowest BCUT2D eigenvalue weighted by Crippen LogP contribution is -2.34. The van der Waals surface area contributed by atoms with Crippen LogP contribution in [-0.4, -0.2) is 38.8 Å². The van der Waals surface area contributed by atoms with Crippen LogP contribution in [0, 0.1) is 0 Å². The summed E-state index contributed by atoms with van der Waals surface area (Å²) in [6.07, 6.45) is 0.0294. The Hall–Kier alpha value is -1.40. The molecule has 0 spiro atoms. The molecule has 0 aromatic heterocycles. The van der Waals surface area contributed by atoms with E-state index in [1.54, 1.807) is 0 Å². The summed E-state index contributed by atoms with van der Waals surface area (Å²) in [6, 6.07) is 5.90. The molecule has 0 saturated heterocycles. The minimum absolute atomic E-state index is 0.194. The van der Waals surface area contributed by atoms with Crippen LogP contribution in [-0.2, 0) is 14.6 Å². The van der Waals surface area contributed by atoms with E-state index in [1.165, 1.54) is 43.1 Å². The monoisotopic (exact) mass is 257 g/mol. The number of likely N-dealkylation sites (N-methyl/N-ethyl adjacent to an activating group) is 1. The fourth-order valence-electron chi connectivity index (χ4n) is 1.32. The third-order valence-electron chi connectivity index (χ3n) is 2.34. The van der Waals surface area contributed by atoms with Crippen LogP contribution in [0.15, 0.2) is 29.2 Å². The second-order valence-corrected chi connectivity index (χ2v) is 5.86. The average Bonchev–Trinajstić information content (AvgIpc) is 2.26. The Kier molecular flexibility index (Phi) is 3.90. The molecule has 94 valence electrons. The summed E-state index contributed by atoms with van der Waals surface area (Å²) in [6.45, 7) is 1.38. The van der Waals surface area contributed by atoms with Gasteiger partial charge in [0.1, 0.15) is 6.10 Å². The van der Waals surface area contributed by atoms with E-state index in [1.807, 2.05) is 0 Å². The number of carbonyl (C=O) groups excluding carboxylic acids is 1. The summed E-state index contributed by atoms with van der Waals surface area (Å²) in [5.74, 6) is -0.447. The van der Waals surface area contributed by atoms with Crippen molar-refractivity contribution in [3.8, 4) is 0 Å². The smallest absolute Gasteiger partial charge is 0.255 e. The van der Waals surface area contributed by atoms with E-state index in [-0.39, 0.29) is 4.90 Å². The van der Waals surface area contributed by atoms with Crippen molar-refractivity contribution >= 4 is 21.4 Å². The molecule has 6 heteroatoms. The fourth-order valence-corrected chi connectivity index (χ4v) is 1.95. The van der Waals surface area contributed by atoms with Crippen LogP contribution in [0.5, 0.6) is 0 Å². The van der Waals surface area contributed by atoms with Crippen molar-refractivity contribution in [1.29, 1.82) is 0 Å². The number of carbonyl (C=O) groups is 1. The first-order chi connectivity index (χ1) is 7.73. The van der Waals surface area contributed by atoms with Gasteiger partial charge in [0.2, 0.25) is 0 Å². The molecule has 1 unspecified atom stereocenters. The van der Waals surface area contributed by atoms with Gasteiger partial charge in [-0.3, -0.25) is 4.79 Å². The van der Waals surface area contributed by atoms with Gasteiger partial charge >= 0.3 is 0 Å². The Balaban J connectivity index is 3.00. The number of sulfone groups is 1. The molecular weight excluding hydrogens is 242 g/mol. The third-order valence-corrected chi connectivity index (χ3v) is 3.47. The molecule has 1 aromatic rings. The minimum atomic E-state index is -3.23. The Morgan fingerprint density at radius 1 is 1.29 bits per heavy atom. The van der Waals surface area contributed by atoms with Crippen LogP contribution in [0.1, 0.15) is 6.92 Å². The molecule has 1 N–H and O–H groups in total. The van der Waals surface area contributed by atoms with Gasteiger partial charge in [-0.2, -0.15) is 0 Å². The zero-order valence-electron chi connectivity index (χ0n) is 9.91. The Labute approximate surface area is 101 Å². The highest BCUT2D eigenvalue weighted by molar-refractivity contribution is 7.90. The highest BCUT2D eigenvalue weighted by Gasteiger charge is 2.16. The van der Waals surface area contributed by atoms with Gasteiger partial charge in [-0.15, -0.1) is 0 Å². The van der Waals surface area contributed by atoms with Crippen molar-refractivity contribution in [3.05, 3.63) is 24.3 Å². The Bertz CT molecular complexity index is 505. The Morgan fingerprint density at radius 3 is 2.12 bits per heavy atom. The number of hydrogen-bond acceptors (Lipinski definition) is 4. The maximum absolute atomic E-state index is 11.5. The SMILES string of the molecule is CC(O)C(=O)N(C)c1ccc(S(C)(=O)=O)cc1. The van der Waals surface area contributed by atoms with E-state index < -0.39 is 21.8 Å². The molecular formula is C11H15NO4S. The largest absolute Gasteiger partial charge is 0.384 e. The summed E-state index contributed by atoms with van der Waals surface area (Å²) in [4.78, 5) is 13.0. The fraction of sp³-hybridized carbons (Fsp3) is 0.364. The number of nitrogens with zero attached hydrogens (tertiary/aromatic N) is 1. The van der Waals surface area contributed by atoms with E-state index in [2.05, 4.69) is 0 Å². The molecule has 17 heavy (non-hydrogen) atoms. The lowest BCUT2D eigenvalue weighted by Gasteiger charge is -2.18. The van der Waals surface area contributed by atoms with Gasteiger partial charge < -0.3 is 10.0 Å². The molecule has 0 aliphatic rings. The lowest BCUT2D eigenvalue weighted by atomic mass is 10.2. The molecule has 1 amide bonds. The van der Waals surface area contributed by atoms with Gasteiger partial charge in [0.25, 0.3) is 5.91 Å². The number of aliphatic hydroxyl groups excluding tert-OH is 1. The van der Waals surface area contributed by atoms with Crippen molar-refractivity contribution in [2.75, 3.05) is 18.2 Å². The second kappa shape index (κ2) is 4.85. The zero-order chi connectivity index (χ0) is 13.2. The van der Waals surface area contributed by atoms with Gasteiger partial charge in [-0.1, -0.05) is 0 Å². The van der Waals surface area contributed by atoms with E-state index in [0.29, 0.717) is 5.69 Å². The number of anilines is 1. The van der Waals surface area contributed by atoms with Crippen LogP contribution in [0.25, 0.3) is 0 Å². The molecule has 0 saturated carbocycles. The van der Waals surface area contributed by atoms with Gasteiger partial charge in [-0.25, -0.2) is 8.42 Å². The standard InChI is InChI=1S/C11H15NO4S/c1-8(13)11(14)12(2)9-4-6-10(7-5-9)17(3,15)16/h4-8,13H,1-3H3. The summed E-state index contributed by atoms with van der Waals surface area (Å²) in [5, 5.41) is 9.15. The van der Waals surface area contributed by atoms with Crippen molar-refractivity contribution in [3.63, 3.8) is 0 Å². The average molecular weight is 257 g/mol. The van der Waals surface area contributed by atoms with E-state index >= 15 is 0 Å². The normalized spacial score (nSPS) is 13.2. The maximum Gasteiger partial charge on any atom is 0.255 e. The predicted molar refractivity (Wildman–Crippen MR) is 64.6 cm³/mol. The summed E-state index contributed by atoms with van der Waals surface area (Å²) in [5.41, 5.74) is 0.531. The van der Waals surface area contributed by atoms with Gasteiger partial charge in [0, 0.05) is 19.0 Å². The van der Waals surface area contributed by atoms with E-state index in [9.17, 15) is 13.2 Å². The molecule has 0 heterocycles. The summed E-state index contributed by atoms with van der Waals surface area (Å²) >= 11 is 0. The molecule has 5 nitrogen and oxygen atoms in total. The number of aliphatic hydroxyl groups is 1. The van der Waals surface area contributed by atoms with Crippen LogP contribution >= 0.6 is 0 Å². The topological polar surface area (TPSA) is 74.7 Å². The van der Waals surface area contributed by atoms with Crippen LogP contribution in [0.3, 0.4) is 0 Å². The van der Waals surface area contributed by atoms with E-state index in [0.717, 1.165) is 6.26 Å². The number of amides is 1. The summed E-state index contributed by atoms with van der Waals surface area (Å²) < 4.78 is 22.5. The molecule has 0 bridgehead atoms. The first-order valence-electron chi connectivity index (χ1n) is 4.99.